The predicted molar refractivity (Wildman–Crippen MR) is 56.3 cm³/mol. The van der Waals surface area contributed by atoms with E-state index in [0.717, 1.165) is 10.2 Å². The van der Waals surface area contributed by atoms with Gasteiger partial charge in [0.05, 0.1) is 0 Å². The summed E-state index contributed by atoms with van der Waals surface area (Å²) in [5, 5.41) is 3.29. The molecule has 1 unspecified atom stereocenters. The second-order valence-corrected chi connectivity index (χ2v) is 3.62. The summed E-state index contributed by atoms with van der Waals surface area (Å²) in [7, 11) is 0. The van der Waals surface area contributed by atoms with Crippen LogP contribution in [0, 0.1) is 0 Å². The molecule has 2 nitrogen and oxygen atoms in total. The summed E-state index contributed by atoms with van der Waals surface area (Å²) < 4.78 is 1.07. The number of benzene rings is 1. The molecule has 1 rings (SSSR count). The van der Waals surface area contributed by atoms with E-state index >= 15 is 0 Å². The summed E-state index contributed by atoms with van der Waals surface area (Å²) in [5.74, 6) is 0. The number of nitrogens with one attached hydrogen (secondary N) is 1. The Labute approximate surface area is 81.3 Å². The first-order valence-electron chi connectivity index (χ1n) is 3.95. The molecule has 0 fully saturated rings. The molecule has 0 aliphatic carbocycles. The number of nitrogens with two attached hydrogens (primary N) is 1. The molecule has 0 aliphatic heterocycles. The molecule has 0 saturated carbocycles. The molecule has 0 spiro atoms. The summed E-state index contributed by atoms with van der Waals surface area (Å²) in [4.78, 5) is 0. The molecule has 0 saturated heterocycles. The fourth-order valence-electron chi connectivity index (χ4n) is 0.903. The van der Waals surface area contributed by atoms with Gasteiger partial charge in [0.2, 0.25) is 0 Å². The molecule has 0 amide bonds. The molecule has 0 aliphatic rings. The molecular weight excluding hydrogens is 216 g/mol. The fraction of sp³-hybridized carbons (Fsp3) is 0.333. The van der Waals surface area contributed by atoms with Gasteiger partial charge in [-0.2, -0.15) is 0 Å². The first kappa shape index (κ1) is 9.55. The van der Waals surface area contributed by atoms with Crippen LogP contribution in [0.4, 0.5) is 5.69 Å². The van der Waals surface area contributed by atoms with Crippen LogP contribution in [0.25, 0.3) is 0 Å². The number of rotatable bonds is 3. The predicted octanol–water partition coefficient (Wildman–Crippen LogP) is 2.21. The topological polar surface area (TPSA) is 38.0 Å². The number of para-hydroxylation sites is 1. The Morgan fingerprint density at radius 1 is 1.50 bits per heavy atom. The van der Waals surface area contributed by atoms with E-state index in [4.69, 9.17) is 5.73 Å². The minimum atomic E-state index is 0.309. The maximum atomic E-state index is 5.49. The summed E-state index contributed by atoms with van der Waals surface area (Å²) in [6, 6.07) is 8.32. The summed E-state index contributed by atoms with van der Waals surface area (Å²) in [6.45, 7) is 2.70. The normalized spacial score (nSPS) is 12.6. The zero-order chi connectivity index (χ0) is 8.97. The maximum absolute atomic E-state index is 5.49. The van der Waals surface area contributed by atoms with E-state index in [0.29, 0.717) is 12.6 Å². The van der Waals surface area contributed by atoms with Crippen LogP contribution < -0.4 is 11.1 Å². The van der Waals surface area contributed by atoms with E-state index < -0.39 is 0 Å². The van der Waals surface area contributed by atoms with Crippen LogP contribution in [0.5, 0.6) is 0 Å². The Hall–Kier alpha value is -0.540. The van der Waals surface area contributed by atoms with Crippen molar-refractivity contribution in [1.82, 2.24) is 0 Å². The maximum Gasteiger partial charge on any atom is 0.0487 e. The molecule has 1 atom stereocenters. The quantitative estimate of drug-likeness (QED) is 0.833. The number of hydrogen-bond acceptors (Lipinski definition) is 2. The lowest BCUT2D eigenvalue weighted by Gasteiger charge is -2.13. The zero-order valence-electron chi connectivity index (χ0n) is 7.05. The van der Waals surface area contributed by atoms with Crippen LogP contribution in [0.15, 0.2) is 28.7 Å². The molecule has 0 aromatic heterocycles. The van der Waals surface area contributed by atoms with Crippen molar-refractivity contribution in [2.75, 3.05) is 11.9 Å². The average molecular weight is 229 g/mol. The molecule has 66 valence electrons. The molecule has 3 N–H and O–H groups in total. The van der Waals surface area contributed by atoms with Crippen LogP contribution in [0.2, 0.25) is 0 Å². The van der Waals surface area contributed by atoms with Crippen molar-refractivity contribution in [3.05, 3.63) is 28.7 Å². The summed E-state index contributed by atoms with van der Waals surface area (Å²) in [5.41, 5.74) is 6.59. The molecular formula is C9H13BrN2. The van der Waals surface area contributed by atoms with E-state index in [1.54, 1.807) is 0 Å². The van der Waals surface area contributed by atoms with Gasteiger partial charge < -0.3 is 11.1 Å². The van der Waals surface area contributed by atoms with Crippen molar-refractivity contribution in [3.8, 4) is 0 Å². The van der Waals surface area contributed by atoms with Gasteiger partial charge in [-0.25, -0.2) is 0 Å². The van der Waals surface area contributed by atoms with Crippen molar-refractivity contribution in [2.24, 2.45) is 5.73 Å². The largest absolute Gasteiger partial charge is 0.380 e. The number of hydrogen-bond donors (Lipinski definition) is 2. The standard InChI is InChI=1S/C9H13BrN2/c1-7(6-11)12-9-5-3-2-4-8(9)10/h2-5,7,12H,6,11H2,1H3. The Kier molecular flexibility index (Phi) is 3.56. The second kappa shape index (κ2) is 4.48. The molecule has 1 aromatic carbocycles. The van der Waals surface area contributed by atoms with Crippen molar-refractivity contribution < 1.29 is 0 Å². The van der Waals surface area contributed by atoms with Crippen LogP contribution in [-0.4, -0.2) is 12.6 Å². The van der Waals surface area contributed by atoms with E-state index in [9.17, 15) is 0 Å². The third-order valence-electron chi connectivity index (χ3n) is 1.63. The third-order valence-corrected chi connectivity index (χ3v) is 2.32. The second-order valence-electron chi connectivity index (χ2n) is 2.76. The Balaban J connectivity index is 2.69. The number of halogens is 1. The highest BCUT2D eigenvalue weighted by Crippen LogP contribution is 2.21. The molecule has 0 heterocycles. The SMILES string of the molecule is CC(CN)Nc1ccccc1Br. The lowest BCUT2D eigenvalue weighted by molar-refractivity contribution is 0.803. The monoisotopic (exact) mass is 228 g/mol. The van der Waals surface area contributed by atoms with Crippen LogP contribution in [-0.2, 0) is 0 Å². The van der Waals surface area contributed by atoms with Gasteiger partial charge >= 0.3 is 0 Å². The highest BCUT2D eigenvalue weighted by atomic mass is 79.9. The van der Waals surface area contributed by atoms with Crippen LogP contribution in [0.1, 0.15) is 6.92 Å². The lowest BCUT2D eigenvalue weighted by atomic mass is 10.3. The highest BCUT2D eigenvalue weighted by Gasteiger charge is 2.00. The zero-order valence-corrected chi connectivity index (χ0v) is 8.64. The van der Waals surface area contributed by atoms with Gasteiger partial charge in [0, 0.05) is 22.7 Å². The minimum absolute atomic E-state index is 0.309. The van der Waals surface area contributed by atoms with Crippen molar-refractivity contribution in [3.63, 3.8) is 0 Å². The average Bonchev–Trinajstić information content (AvgIpc) is 2.09. The van der Waals surface area contributed by atoms with Gasteiger partial charge in [-0.05, 0) is 35.0 Å². The molecule has 1 aromatic rings. The van der Waals surface area contributed by atoms with Gasteiger partial charge in [-0.1, -0.05) is 12.1 Å². The van der Waals surface area contributed by atoms with Gasteiger partial charge in [0.15, 0.2) is 0 Å². The van der Waals surface area contributed by atoms with Crippen molar-refractivity contribution >= 4 is 21.6 Å². The van der Waals surface area contributed by atoms with Crippen molar-refractivity contribution in [2.45, 2.75) is 13.0 Å². The van der Waals surface area contributed by atoms with Crippen molar-refractivity contribution in [1.29, 1.82) is 0 Å². The Morgan fingerprint density at radius 2 is 2.17 bits per heavy atom. The van der Waals surface area contributed by atoms with E-state index in [1.807, 2.05) is 24.3 Å². The van der Waals surface area contributed by atoms with Crippen LogP contribution in [0.3, 0.4) is 0 Å². The molecule has 3 heteroatoms. The number of anilines is 1. The van der Waals surface area contributed by atoms with Gasteiger partial charge in [-0.3, -0.25) is 0 Å². The van der Waals surface area contributed by atoms with Gasteiger partial charge in [0.1, 0.15) is 0 Å². The molecule has 0 bridgehead atoms. The summed E-state index contributed by atoms with van der Waals surface area (Å²) in [6.07, 6.45) is 0. The van der Waals surface area contributed by atoms with Gasteiger partial charge in [-0.15, -0.1) is 0 Å². The lowest BCUT2D eigenvalue weighted by Crippen LogP contribution is -2.25. The molecule has 0 radical (unpaired) electrons. The van der Waals surface area contributed by atoms with E-state index in [-0.39, 0.29) is 0 Å². The van der Waals surface area contributed by atoms with E-state index in [1.165, 1.54) is 0 Å². The summed E-state index contributed by atoms with van der Waals surface area (Å²) >= 11 is 3.45. The Bertz CT molecular complexity index is 250. The highest BCUT2D eigenvalue weighted by molar-refractivity contribution is 9.10. The molecule has 12 heavy (non-hydrogen) atoms. The first-order valence-corrected chi connectivity index (χ1v) is 4.74. The third kappa shape index (κ3) is 2.50. The fourth-order valence-corrected chi connectivity index (χ4v) is 1.30. The first-order chi connectivity index (χ1) is 5.74. The van der Waals surface area contributed by atoms with E-state index in [2.05, 4.69) is 28.2 Å². The Morgan fingerprint density at radius 3 is 2.75 bits per heavy atom. The van der Waals surface area contributed by atoms with Crippen LogP contribution >= 0.6 is 15.9 Å². The van der Waals surface area contributed by atoms with Gasteiger partial charge in [0.25, 0.3) is 0 Å². The minimum Gasteiger partial charge on any atom is -0.380 e. The smallest absolute Gasteiger partial charge is 0.0487 e.